The fraction of sp³-hybridized carbons (Fsp3) is 0. The molecule has 0 fully saturated rings. The Bertz CT molecular complexity index is 78.5. The SMILES string of the molecule is O=N[O-].O=N[O-].O=N[O-].O=N[O-].[Co+3].[K+].[NH2-].[NH2-]. The molecule has 16 heteroatoms. The Morgan fingerprint density at radius 3 is 0.562 bits per heavy atom. The van der Waals surface area contributed by atoms with Crippen molar-refractivity contribution >= 4 is 0 Å². The zero-order chi connectivity index (χ0) is 10.8. The summed E-state index contributed by atoms with van der Waals surface area (Å²) in [7, 11) is 0. The summed E-state index contributed by atoms with van der Waals surface area (Å²) >= 11 is 0. The Hall–Kier alpha value is -0.337. The molecule has 16 heavy (non-hydrogen) atoms. The Morgan fingerprint density at radius 2 is 0.562 bits per heavy atom. The second-order valence-electron chi connectivity index (χ2n) is 0.298. The van der Waals surface area contributed by atoms with Crippen LogP contribution in [0.2, 0.25) is 0 Å². The van der Waals surface area contributed by atoms with Gasteiger partial charge in [0.15, 0.2) is 0 Å². The number of rotatable bonds is 0. The molecule has 14 nitrogen and oxygen atoms in total. The van der Waals surface area contributed by atoms with Gasteiger partial charge in [-0.1, -0.05) is 0 Å². The van der Waals surface area contributed by atoms with Crippen molar-refractivity contribution < 1.29 is 68.2 Å². The molecule has 0 aliphatic carbocycles. The molecule has 0 bridgehead atoms. The molecule has 0 spiro atoms. The Kier molecular flexibility index (Phi) is 731. The van der Waals surface area contributed by atoms with Crippen molar-refractivity contribution in [3.8, 4) is 0 Å². The summed E-state index contributed by atoms with van der Waals surface area (Å²) in [5, 5.41) is 36.0. The van der Waals surface area contributed by atoms with Crippen LogP contribution in [-0.2, 0) is 16.8 Å². The van der Waals surface area contributed by atoms with Crippen molar-refractivity contribution in [3.05, 3.63) is 52.8 Å². The van der Waals surface area contributed by atoms with Gasteiger partial charge >= 0.3 is 68.2 Å². The summed E-state index contributed by atoms with van der Waals surface area (Å²) in [6, 6.07) is 0. The average Bonchev–Trinajstić information content (AvgIpc) is 1.92. The van der Waals surface area contributed by atoms with Gasteiger partial charge in [0, 0.05) is 0 Å². The second-order valence-corrected chi connectivity index (χ2v) is 0.298. The van der Waals surface area contributed by atoms with Crippen LogP contribution in [0.25, 0.3) is 12.3 Å². The van der Waals surface area contributed by atoms with Gasteiger partial charge in [-0.3, -0.25) is 0 Å². The predicted octanol–water partition coefficient (Wildman–Crippen LogP) is -0.562. The summed E-state index contributed by atoms with van der Waals surface area (Å²) in [6.07, 6.45) is 0. The van der Waals surface area contributed by atoms with E-state index in [-0.39, 0.29) is 80.5 Å². The number of hydrogen-bond acceptors (Lipinski definition) is 12. The van der Waals surface area contributed by atoms with E-state index in [1.165, 1.54) is 0 Å². The van der Waals surface area contributed by atoms with E-state index >= 15 is 0 Å². The van der Waals surface area contributed by atoms with E-state index < -0.39 is 0 Å². The van der Waals surface area contributed by atoms with Crippen LogP contribution in [0.15, 0.2) is 21.4 Å². The third kappa shape index (κ3) is 19300. The maximum atomic E-state index is 8.00. The molecule has 0 heterocycles. The molecule has 0 unspecified atom stereocenters. The molecule has 0 atom stereocenters. The molecule has 0 radical (unpaired) electrons. The fourth-order valence-corrected chi connectivity index (χ4v) is 0. The normalized spacial score (nSPS) is 3.00. The standard InChI is InChI=1S/Co.K.4HNO2.2H2N/c;;4*2-1-3;;/h;;4*(H,2,3);2*1H2/q+3;+1;;;;;2*-1/p-4. The molecule has 4 N–H and O–H groups in total. The number of hydrogen-bond donors (Lipinski definition) is 0. The van der Waals surface area contributed by atoms with Crippen LogP contribution in [0.4, 0.5) is 0 Å². The van der Waals surface area contributed by atoms with Crippen molar-refractivity contribution in [2.45, 2.75) is 0 Å². The summed E-state index contributed by atoms with van der Waals surface area (Å²) in [4.78, 5) is 32.0. The first kappa shape index (κ1) is 57.3. The van der Waals surface area contributed by atoms with E-state index in [2.05, 4.69) is 0 Å². The van der Waals surface area contributed by atoms with Gasteiger partial charge in [-0.25, -0.2) is 0 Å². The third-order valence-corrected chi connectivity index (χ3v) is 0. The topological polar surface area (TPSA) is 277 Å². The van der Waals surface area contributed by atoms with Gasteiger partial charge < -0.3 is 52.8 Å². The molecule has 0 aromatic carbocycles. The van der Waals surface area contributed by atoms with Crippen molar-refractivity contribution in [1.29, 1.82) is 0 Å². The van der Waals surface area contributed by atoms with E-state index in [9.17, 15) is 0 Å². The maximum Gasteiger partial charge on any atom is 3.00 e. The summed E-state index contributed by atoms with van der Waals surface area (Å²) in [6.45, 7) is 0. The zero-order valence-corrected chi connectivity index (χ0v) is 11.7. The van der Waals surface area contributed by atoms with Crippen LogP contribution in [0.3, 0.4) is 0 Å². The first-order valence-electron chi connectivity index (χ1n) is 1.46. The smallest absolute Gasteiger partial charge is 0.693 e. The molecular weight excluding hydrogens is 310 g/mol. The summed E-state index contributed by atoms with van der Waals surface area (Å²) < 4.78 is 0. The molecular formula is H4CoKN6O8-2. The van der Waals surface area contributed by atoms with E-state index in [1.807, 2.05) is 0 Å². The van der Waals surface area contributed by atoms with Gasteiger partial charge in [-0.15, -0.1) is 21.4 Å². The van der Waals surface area contributed by atoms with Crippen molar-refractivity contribution in [1.82, 2.24) is 0 Å². The minimum Gasteiger partial charge on any atom is -0.693 e. The fourth-order valence-electron chi connectivity index (χ4n) is 0. The maximum absolute atomic E-state index is 8.00. The van der Waals surface area contributed by atoms with Gasteiger partial charge in [-0.05, 0) is 0 Å². The van der Waals surface area contributed by atoms with Gasteiger partial charge in [-0.2, -0.15) is 0 Å². The monoisotopic (exact) mass is 314 g/mol. The van der Waals surface area contributed by atoms with Crippen LogP contribution >= 0.6 is 0 Å². The molecule has 0 aliphatic rings. The van der Waals surface area contributed by atoms with Crippen LogP contribution in [-0.4, -0.2) is 0 Å². The Labute approximate surface area is 141 Å². The minimum atomic E-state index is 0. The number of nitrogens with two attached hydrogens (primary N) is 2. The Balaban J connectivity index is -0.00000000821. The van der Waals surface area contributed by atoms with Crippen molar-refractivity contribution in [2.24, 2.45) is 21.4 Å². The summed E-state index contributed by atoms with van der Waals surface area (Å²) in [5.41, 5.74) is 0. The zero-order valence-electron chi connectivity index (χ0n) is 7.54. The molecule has 0 amide bonds. The summed E-state index contributed by atoms with van der Waals surface area (Å²) in [5.74, 6) is 0. The third-order valence-electron chi connectivity index (χ3n) is 0. The average molecular weight is 314 g/mol. The van der Waals surface area contributed by atoms with E-state index in [4.69, 9.17) is 40.5 Å². The number of nitrogens with zero attached hydrogens (tertiary/aromatic N) is 4. The molecule has 0 rings (SSSR count). The second kappa shape index (κ2) is 204. The molecule has 0 saturated carbocycles. The quantitative estimate of drug-likeness (QED) is 0.316. The van der Waals surface area contributed by atoms with E-state index in [0.717, 1.165) is 21.4 Å². The van der Waals surface area contributed by atoms with Gasteiger partial charge in [0.25, 0.3) is 0 Å². The molecule has 0 aliphatic heterocycles. The molecule has 0 aromatic heterocycles. The van der Waals surface area contributed by atoms with Crippen LogP contribution in [0, 0.1) is 40.5 Å². The van der Waals surface area contributed by atoms with E-state index in [0.29, 0.717) is 0 Å². The van der Waals surface area contributed by atoms with Crippen LogP contribution < -0.4 is 51.4 Å². The molecule has 0 saturated heterocycles. The predicted molar refractivity (Wildman–Crippen MR) is 47.2 cm³/mol. The van der Waals surface area contributed by atoms with Crippen LogP contribution in [0.5, 0.6) is 0 Å². The van der Waals surface area contributed by atoms with Gasteiger partial charge in [0.1, 0.15) is 0 Å². The Morgan fingerprint density at radius 1 is 0.562 bits per heavy atom. The van der Waals surface area contributed by atoms with Crippen molar-refractivity contribution in [3.63, 3.8) is 0 Å². The molecule has 94 valence electrons. The van der Waals surface area contributed by atoms with E-state index in [1.54, 1.807) is 0 Å². The van der Waals surface area contributed by atoms with Gasteiger partial charge in [0.05, 0.1) is 0 Å². The molecule has 0 aromatic rings. The van der Waals surface area contributed by atoms with Crippen LogP contribution in [0.1, 0.15) is 0 Å². The first-order valence-corrected chi connectivity index (χ1v) is 1.46. The minimum absolute atomic E-state index is 0. The van der Waals surface area contributed by atoms with Gasteiger partial charge in [0.2, 0.25) is 0 Å². The first-order chi connectivity index (χ1) is 5.66. The largest absolute Gasteiger partial charge is 3.00 e. The van der Waals surface area contributed by atoms with Crippen molar-refractivity contribution in [2.75, 3.05) is 0 Å².